The molecule has 11 heteroatoms. The fraction of sp³-hybridized carbons (Fsp3) is 0.441. The lowest BCUT2D eigenvalue weighted by atomic mass is 10.0. The minimum atomic E-state index is -1.30. The molecular weight excluding hydrogens is 592 g/mol. The monoisotopic (exact) mass is 637 g/mol. The summed E-state index contributed by atoms with van der Waals surface area (Å²) in [7, 11) is 4.04. The number of carboxylic acid groups (broad SMARTS) is 1. The molecule has 0 aliphatic rings. The van der Waals surface area contributed by atoms with Crippen molar-refractivity contribution in [3.05, 3.63) is 83.2 Å². The summed E-state index contributed by atoms with van der Waals surface area (Å²) in [5, 5.41) is 15.9. The highest BCUT2D eigenvalue weighted by Crippen LogP contribution is 2.21. The van der Waals surface area contributed by atoms with Crippen LogP contribution in [0.3, 0.4) is 0 Å². The van der Waals surface area contributed by atoms with Gasteiger partial charge in [-0.15, -0.1) is 0 Å². The second-order valence-electron chi connectivity index (χ2n) is 11.0. The number of carboxylic acids is 1. The predicted molar refractivity (Wildman–Crippen MR) is 173 cm³/mol. The molecule has 2 aromatic carbocycles. The quantitative estimate of drug-likeness (QED) is 0.140. The van der Waals surface area contributed by atoms with E-state index in [2.05, 4.69) is 33.6 Å². The van der Waals surface area contributed by atoms with Gasteiger partial charge in [0.15, 0.2) is 0 Å². The number of carbonyl (C=O) groups is 4. The Labute approximate surface area is 269 Å². The number of Topliss-reactive ketones (excluding diaryl/α,β-unsaturated/α-hetero) is 1. The van der Waals surface area contributed by atoms with Crippen LogP contribution in [0.15, 0.2) is 65.8 Å². The van der Waals surface area contributed by atoms with Crippen molar-refractivity contribution in [2.75, 3.05) is 5.75 Å². The number of thioether (sulfide) groups is 1. The maximum atomic E-state index is 13.3. The van der Waals surface area contributed by atoms with E-state index in [1.165, 1.54) is 23.1 Å². The van der Waals surface area contributed by atoms with E-state index in [1.807, 2.05) is 74.8 Å². The minimum absolute atomic E-state index is 0.0160. The van der Waals surface area contributed by atoms with E-state index in [-0.39, 0.29) is 37.4 Å². The third-order valence-electron chi connectivity index (χ3n) is 7.48. The summed E-state index contributed by atoms with van der Waals surface area (Å²) >= 11 is 1.44. The summed E-state index contributed by atoms with van der Waals surface area (Å²) in [4.78, 5) is 50.9. The van der Waals surface area contributed by atoms with E-state index in [9.17, 15) is 24.3 Å². The van der Waals surface area contributed by atoms with Gasteiger partial charge in [0.1, 0.15) is 35.9 Å². The average Bonchev–Trinajstić information content (AvgIpc) is 3.25. The van der Waals surface area contributed by atoms with Gasteiger partial charge in [-0.3, -0.25) is 9.59 Å². The Kier molecular flexibility index (Phi) is 14.1. The molecule has 0 unspecified atom stereocenters. The highest BCUT2D eigenvalue weighted by atomic mass is 32.2. The number of aliphatic carboxylic acids is 1. The zero-order chi connectivity index (χ0) is 32.8. The molecule has 0 saturated heterocycles. The first-order valence-electron chi connectivity index (χ1n) is 15.4. The average molecular weight is 638 g/mol. The van der Waals surface area contributed by atoms with Crippen LogP contribution in [0.1, 0.15) is 62.0 Å². The van der Waals surface area contributed by atoms with Crippen LogP contribution in [-0.4, -0.2) is 51.3 Å². The van der Waals surface area contributed by atoms with E-state index < -0.39 is 30.1 Å². The molecule has 1 aromatic heterocycles. The number of carbonyl (C=O) groups excluding carboxylic acids is 3. The molecule has 45 heavy (non-hydrogen) atoms. The van der Waals surface area contributed by atoms with Crippen LogP contribution < -0.4 is 15.2 Å². The molecular formula is C34H45N4O6S+. The number of aromatic nitrogens is 2. The van der Waals surface area contributed by atoms with Crippen molar-refractivity contribution in [3.63, 3.8) is 0 Å². The van der Waals surface area contributed by atoms with E-state index in [0.29, 0.717) is 0 Å². The molecule has 2 amide bonds. The number of imidazole rings is 1. The lowest BCUT2D eigenvalue weighted by Crippen LogP contribution is -2.52. The first kappa shape index (κ1) is 35.4. The Morgan fingerprint density at radius 2 is 1.53 bits per heavy atom. The SMILES string of the molecule is CCCc1c(CCC)[n+](C)c(SCC(=O)CC[C@H](NC(=O)[C@H](Cc2ccccc2)NC(=O)OCc2ccccc2)C(=O)O)n1C. The standard InChI is InChI=1S/C34H44N4O6S/c1-5-13-29-30(14-6-2)38(4)34(37(29)3)45-23-26(39)19-20-27(32(41)42)35-31(40)28(21-24-15-9-7-10-16-24)36-33(43)44-22-25-17-11-8-12-18-25/h7-12,15-18,27-28H,5-6,13-14,19-23H2,1-4H3,(H2-,35,36,40,41,42,43)/p+1/t27-,28-/m0/s1. The molecule has 0 fully saturated rings. The van der Waals surface area contributed by atoms with Crippen molar-refractivity contribution in [3.8, 4) is 0 Å². The number of rotatable bonds is 18. The minimum Gasteiger partial charge on any atom is -0.480 e. The van der Waals surface area contributed by atoms with Gasteiger partial charge in [0, 0.05) is 25.7 Å². The van der Waals surface area contributed by atoms with Crippen LogP contribution in [0.5, 0.6) is 0 Å². The Morgan fingerprint density at radius 1 is 0.911 bits per heavy atom. The summed E-state index contributed by atoms with van der Waals surface area (Å²) in [5.74, 6) is -1.85. The Balaban J connectivity index is 1.61. The second-order valence-corrected chi connectivity index (χ2v) is 12.0. The molecule has 3 N–H and O–H groups in total. The number of nitrogens with one attached hydrogen (secondary N) is 2. The Bertz CT molecular complexity index is 1400. The zero-order valence-corrected chi connectivity index (χ0v) is 27.4. The van der Waals surface area contributed by atoms with Gasteiger partial charge >= 0.3 is 17.2 Å². The van der Waals surface area contributed by atoms with E-state index in [1.54, 1.807) is 0 Å². The van der Waals surface area contributed by atoms with Gasteiger partial charge in [-0.2, -0.15) is 0 Å². The van der Waals surface area contributed by atoms with Crippen LogP contribution in [0.25, 0.3) is 0 Å². The Hall–Kier alpha value is -4.12. The van der Waals surface area contributed by atoms with Crippen molar-refractivity contribution in [1.29, 1.82) is 0 Å². The summed E-state index contributed by atoms with van der Waals surface area (Å²) in [6.07, 6.45) is 3.21. The van der Waals surface area contributed by atoms with Gasteiger partial charge in [0.2, 0.25) is 5.91 Å². The van der Waals surface area contributed by atoms with Crippen molar-refractivity contribution in [2.45, 2.75) is 82.6 Å². The molecule has 10 nitrogen and oxygen atoms in total. The van der Waals surface area contributed by atoms with Crippen LogP contribution in [0.2, 0.25) is 0 Å². The topological polar surface area (TPSA) is 131 Å². The van der Waals surface area contributed by atoms with Gasteiger partial charge in [0.25, 0.3) is 0 Å². The van der Waals surface area contributed by atoms with Crippen LogP contribution in [-0.2, 0) is 59.1 Å². The molecule has 0 radical (unpaired) electrons. The first-order valence-corrected chi connectivity index (χ1v) is 16.4. The van der Waals surface area contributed by atoms with Crippen molar-refractivity contribution < 1.29 is 33.6 Å². The number of alkyl carbamates (subject to hydrolysis) is 1. The van der Waals surface area contributed by atoms with Gasteiger partial charge in [-0.25, -0.2) is 18.7 Å². The maximum Gasteiger partial charge on any atom is 0.408 e. The van der Waals surface area contributed by atoms with Crippen LogP contribution in [0, 0.1) is 0 Å². The van der Waals surface area contributed by atoms with Crippen LogP contribution in [0.4, 0.5) is 4.79 Å². The fourth-order valence-corrected chi connectivity index (χ4v) is 6.19. The normalized spacial score (nSPS) is 12.3. The lowest BCUT2D eigenvalue weighted by Gasteiger charge is -2.21. The number of hydrogen-bond donors (Lipinski definition) is 3. The van der Waals surface area contributed by atoms with Crippen molar-refractivity contribution >= 4 is 35.5 Å². The smallest absolute Gasteiger partial charge is 0.408 e. The maximum absolute atomic E-state index is 13.3. The lowest BCUT2D eigenvalue weighted by molar-refractivity contribution is -0.716. The van der Waals surface area contributed by atoms with Gasteiger partial charge in [-0.05, 0) is 42.2 Å². The van der Waals surface area contributed by atoms with Crippen LogP contribution >= 0.6 is 11.8 Å². The molecule has 242 valence electrons. The highest BCUT2D eigenvalue weighted by Gasteiger charge is 2.29. The molecule has 3 rings (SSSR count). The molecule has 0 saturated carbocycles. The molecule has 3 aromatic rings. The number of amides is 2. The Morgan fingerprint density at radius 3 is 2.13 bits per heavy atom. The number of benzene rings is 2. The van der Waals surface area contributed by atoms with Gasteiger partial charge in [-0.1, -0.05) is 74.5 Å². The number of ketones is 1. The predicted octanol–water partition coefficient (Wildman–Crippen LogP) is 4.30. The fourth-order valence-electron chi connectivity index (χ4n) is 5.15. The number of ether oxygens (including phenoxy) is 1. The molecule has 1 heterocycles. The number of hydrogen-bond acceptors (Lipinski definition) is 6. The van der Waals surface area contributed by atoms with Crippen molar-refractivity contribution in [2.24, 2.45) is 14.1 Å². The molecule has 0 bridgehead atoms. The summed E-state index contributed by atoms with van der Waals surface area (Å²) in [5.41, 5.74) is 4.11. The largest absolute Gasteiger partial charge is 0.480 e. The van der Waals surface area contributed by atoms with E-state index in [0.717, 1.165) is 42.0 Å². The summed E-state index contributed by atoms with van der Waals surface area (Å²) in [6.45, 7) is 4.31. The van der Waals surface area contributed by atoms with Gasteiger partial charge in [0.05, 0.1) is 19.8 Å². The number of nitrogens with zero attached hydrogens (tertiary/aromatic N) is 2. The highest BCUT2D eigenvalue weighted by molar-refractivity contribution is 7.99. The third-order valence-corrected chi connectivity index (χ3v) is 8.76. The summed E-state index contributed by atoms with van der Waals surface area (Å²) < 4.78 is 9.60. The molecule has 0 aliphatic carbocycles. The first-order chi connectivity index (χ1) is 21.6. The van der Waals surface area contributed by atoms with Crippen molar-refractivity contribution in [1.82, 2.24) is 15.2 Å². The zero-order valence-electron chi connectivity index (χ0n) is 26.6. The molecule has 0 aliphatic heterocycles. The third kappa shape index (κ3) is 10.8. The molecule has 2 atom stereocenters. The van der Waals surface area contributed by atoms with Gasteiger partial charge < -0.3 is 20.5 Å². The van der Waals surface area contributed by atoms with E-state index in [4.69, 9.17) is 4.74 Å². The summed E-state index contributed by atoms with van der Waals surface area (Å²) in [6, 6.07) is 15.8. The molecule has 0 spiro atoms. The van der Waals surface area contributed by atoms with E-state index >= 15 is 0 Å². The second kappa shape index (κ2) is 18.0.